The van der Waals surface area contributed by atoms with E-state index in [2.05, 4.69) is 174 Å². The van der Waals surface area contributed by atoms with Crippen molar-refractivity contribution in [1.29, 1.82) is 0 Å². The zero-order chi connectivity index (χ0) is 73.2. The maximum atomic E-state index is 13.1. The number of ether oxygens (including phenoxy) is 4. The van der Waals surface area contributed by atoms with E-state index in [0.29, 0.717) is 25.7 Å². The van der Waals surface area contributed by atoms with Crippen LogP contribution in [0.3, 0.4) is 0 Å². The number of hydrogen-bond donors (Lipinski definition) is 3. The van der Waals surface area contributed by atoms with Gasteiger partial charge in [-0.05, 0) is 148 Å². The molecule has 0 heterocycles. The number of phosphoric ester groups is 2. The zero-order valence-electron chi connectivity index (χ0n) is 61.5. The summed E-state index contributed by atoms with van der Waals surface area (Å²) in [5, 5.41) is 10.6. The molecular weight excluding hydrogens is 1310 g/mol. The molecule has 0 aliphatic rings. The highest BCUT2D eigenvalue weighted by atomic mass is 31.2. The first kappa shape index (κ1) is 94.4. The van der Waals surface area contributed by atoms with E-state index in [-0.39, 0.29) is 25.7 Å². The lowest BCUT2D eigenvalue weighted by Crippen LogP contribution is -2.30. The minimum absolute atomic E-state index is 0.0660. The first-order valence-corrected chi connectivity index (χ1v) is 40.4. The normalized spacial score (nSPS) is 14.9. The van der Waals surface area contributed by atoms with Gasteiger partial charge in [0.05, 0.1) is 32.8 Å². The van der Waals surface area contributed by atoms with Crippen molar-refractivity contribution in [3.05, 3.63) is 170 Å². The molecule has 0 aromatic heterocycles. The van der Waals surface area contributed by atoms with E-state index >= 15 is 0 Å². The highest BCUT2D eigenvalue weighted by Crippen LogP contribution is 2.45. The molecule has 5 atom stereocenters. The third-order valence-electron chi connectivity index (χ3n) is 14.7. The highest BCUT2D eigenvalue weighted by Gasteiger charge is 2.30. The third kappa shape index (κ3) is 70.8. The molecule has 0 radical (unpaired) electrons. The molecule has 0 spiro atoms. The van der Waals surface area contributed by atoms with Crippen molar-refractivity contribution < 1.29 is 80.2 Å². The summed E-state index contributed by atoms with van der Waals surface area (Å²) in [5.41, 5.74) is 0. The summed E-state index contributed by atoms with van der Waals surface area (Å²) < 4.78 is 68.2. The second kappa shape index (κ2) is 71.8. The molecular formula is C81H130O17P2. The fraction of sp³-hybridized carbons (Fsp3) is 0.605. The maximum Gasteiger partial charge on any atom is 0.472 e. The average molecular weight is 1440 g/mol. The van der Waals surface area contributed by atoms with Crippen molar-refractivity contribution in [1.82, 2.24) is 0 Å². The Labute approximate surface area is 603 Å². The summed E-state index contributed by atoms with van der Waals surface area (Å²) in [6.45, 7) is 4.25. The number of aliphatic hydroxyl groups is 1. The summed E-state index contributed by atoms with van der Waals surface area (Å²) in [5.74, 6) is -2.40. The molecule has 3 N–H and O–H groups in total. The standard InChI is InChI=1S/C81H130O17P2/c1-5-9-13-17-21-25-29-33-36-37-40-43-46-50-54-58-62-66-79(84)92-72-77(98-81(86)68-64-60-56-52-48-44-39-35-31-27-23-19-15-11-7-3)74-96-100(89,90)94-70-75(82)69-93-99(87,88)95-73-76(97-80(85)67-63-59-55-51-47-41-32-28-24-20-16-12-8-4)71-91-78(83)65-61-57-53-49-45-42-38-34-30-26-22-18-14-10-6-2/h9-11,13-16,20-23,25-28,32-36,38-40,43,48,52,60,64,75-77,82H,5-8,12,17-19,24,29-31,37,41-42,44-47,49-51,53-59,61-63,65-74H2,1-4H3,(H,87,88)(H,89,90)/b13-9-,14-10-,15-11-,20-16-,25-21-,26-22-,27-23-,32-28-,36-33-,38-34-,39-35-,43-40-,52-48-,64-60-. The Bertz CT molecular complexity index is 2570. The summed E-state index contributed by atoms with van der Waals surface area (Å²) >= 11 is 0. The average Bonchev–Trinajstić information content (AvgIpc) is 0.932. The van der Waals surface area contributed by atoms with Crippen LogP contribution in [0, 0.1) is 0 Å². The second-order valence-electron chi connectivity index (χ2n) is 24.1. The van der Waals surface area contributed by atoms with Gasteiger partial charge >= 0.3 is 39.5 Å². The van der Waals surface area contributed by atoms with Crippen molar-refractivity contribution in [3.63, 3.8) is 0 Å². The summed E-state index contributed by atoms with van der Waals surface area (Å²) in [7, 11) is -10.0. The van der Waals surface area contributed by atoms with Crippen LogP contribution >= 0.6 is 15.6 Å². The SMILES string of the molecule is CC/C=C\C/C=C\C/C=C\C/C=C\C/C=C\CC(=O)OC(COC(=O)CCCCCC/C=C\C/C=C\C/C=C\C/C=C\CC)COP(=O)(O)OCC(O)COP(=O)(O)OCC(COC(=O)CCCCCCC/C=C\C/C=C\C/C=C\CC)OC(=O)CCCCCCC/C=C\C/C=C\CCC. The molecule has 0 aromatic rings. The Morgan fingerprint density at radius 3 is 0.890 bits per heavy atom. The number of rotatable bonds is 68. The molecule has 0 aliphatic carbocycles. The highest BCUT2D eigenvalue weighted by molar-refractivity contribution is 7.47. The van der Waals surface area contributed by atoms with Gasteiger partial charge in [0.1, 0.15) is 19.3 Å². The van der Waals surface area contributed by atoms with Crippen LogP contribution in [-0.2, 0) is 65.4 Å². The number of unbranched alkanes of at least 4 members (excludes halogenated alkanes) is 15. The number of carbonyl (C=O) groups excluding carboxylic acids is 4. The molecule has 5 unspecified atom stereocenters. The van der Waals surface area contributed by atoms with Crippen molar-refractivity contribution >= 4 is 39.5 Å². The number of phosphoric acid groups is 2. The van der Waals surface area contributed by atoms with Crippen LogP contribution in [0.2, 0.25) is 0 Å². The van der Waals surface area contributed by atoms with Gasteiger partial charge in [0.15, 0.2) is 12.2 Å². The minimum Gasteiger partial charge on any atom is -0.462 e. The van der Waals surface area contributed by atoms with Gasteiger partial charge in [0.25, 0.3) is 0 Å². The van der Waals surface area contributed by atoms with Crippen molar-refractivity contribution in [2.75, 3.05) is 39.6 Å². The van der Waals surface area contributed by atoms with E-state index < -0.39 is 97.5 Å². The second-order valence-corrected chi connectivity index (χ2v) is 27.0. The van der Waals surface area contributed by atoms with Gasteiger partial charge in [0.2, 0.25) is 0 Å². The van der Waals surface area contributed by atoms with Crippen molar-refractivity contribution in [2.24, 2.45) is 0 Å². The van der Waals surface area contributed by atoms with E-state index in [1.54, 1.807) is 12.2 Å². The Hall–Kier alpha value is -5.58. The molecule has 0 aliphatic heterocycles. The predicted molar refractivity (Wildman–Crippen MR) is 408 cm³/mol. The van der Waals surface area contributed by atoms with Gasteiger partial charge < -0.3 is 33.8 Å². The molecule has 0 bridgehead atoms. The third-order valence-corrected chi connectivity index (χ3v) is 16.6. The summed E-state index contributed by atoms with van der Waals surface area (Å²) in [4.78, 5) is 72.8. The molecule has 0 rings (SSSR count). The summed E-state index contributed by atoms with van der Waals surface area (Å²) in [6, 6.07) is 0. The van der Waals surface area contributed by atoms with E-state index in [1.807, 2.05) is 12.2 Å². The topological polar surface area (TPSA) is 237 Å². The summed E-state index contributed by atoms with van der Waals surface area (Å²) in [6.07, 6.45) is 83.8. The largest absolute Gasteiger partial charge is 0.472 e. The van der Waals surface area contributed by atoms with Crippen LogP contribution in [0.4, 0.5) is 0 Å². The molecule has 0 amide bonds. The molecule has 0 saturated heterocycles. The van der Waals surface area contributed by atoms with Gasteiger partial charge in [0, 0.05) is 19.3 Å². The lowest BCUT2D eigenvalue weighted by atomic mass is 10.1. The Morgan fingerprint density at radius 2 is 0.560 bits per heavy atom. The van der Waals surface area contributed by atoms with Crippen LogP contribution < -0.4 is 0 Å². The monoisotopic (exact) mass is 1440 g/mol. The quantitative estimate of drug-likeness (QED) is 0.0169. The van der Waals surface area contributed by atoms with Gasteiger partial charge in [-0.2, -0.15) is 0 Å². The van der Waals surface area contributed by atoms with Gasteiger partial charge in [-0.3, -0.25) is 37.3 Å². The molecule has 100 heavy (non-hydrogen) atoms. The molecule has 0 aromatic carbocycles. The first-order chi connectivity index (χ1) is 48.7. The molecule has 0 saturated carbocycles. The Kier molecular flexibility index (Phi) is 67.8. The predicted octanol–water partition coefficient (Wildman–Crippen LogP) is 21.4. The van der Waals surface area contributed by atoms with Crippen LogP contribution in [0.1, 0.15) is 259 Å². The number of hydrogen-bond acceptors (Lipinski definition) is 15. The first-order valence-electron chi connectivity index (χ1n) is 37.4. The smallest absolute Gasteiger partial charge is 0.462 e. The maximum absolute atomic E-state index is 13.1. The number of esters is 4. The lowest BCUT2D eigenvalue weighted by Gasteiger charge is -2.21. The van der Waals surface area contributed by atoms with Gasteiger partial charge in [-0.15, -0.1) is 0 Å². The lowest BCUT2D eigenvalue weighted by molar-refractivity contribution is -0.161. The van der Waals surface area contributed by atoms with E-state index in [0.717, 1.165) is 180 Å². The molecule has 19 heteroatoms. The fourth-order valence-corrected chi connectivity index (χ4v) is 10.7. The van der Waals surface area contributed by atoms with Crippen molar-refractivity contribution in [2.45, 2.75) is 277 Å². The number of aliphatic hydroxyl groups excluding tert-OH is 1. The van der Waals surface area contributed by atoms with E-state index in [4.69, 9.17) is 37.0 Å². The fourth-order valence-electron chi connectivity index (χ4n) is 9.10. The molecule has 17 nitrogen and oxygen atoms in total. The van der Waals surface area contributed by atoms with Crippen molar-refractivity contribution in [3.8, 4) is 0 Å². The van der Waals surface area contributed by atoms with Crippen LogP contribution in [0.5, 0.6) is 0 Å². The van der Waals surface area contributed by atoms with Gasteiger partial charge in [-0.1, -0.05) is 256 Å². The van der Waals surface area contributed by atoms with Gasteiger partial charge in [-0.25, -0.2) is 9.13 Å². The van der Waals surface area contributed by atoms with Crippen LogP contribution in [-0.4, -0.2) is 96.7 Å². The minimum atomic E-state index is -5.01. The number of allylic oxidation sites excluding steroid dienone is 27. The molecule has 566 valence electrons. The Morgan fingerprint density at radius 1 is 0.300 bits per heavy atom. The van der Waals surface area contributed by atoms with Crippen LogP contribution in [0.25, 0.3) is 0 Å². The number of carbonyl (C=O) groups is 4. The van der Waals surface area contributed by atoms with E-state index in [9.17, 15) is 43.2 Å². The molecule has 0 fully saturated rings. The van der Waals surface area contributed by atoms with Crippen LogP contribution in [0.15, 0.2) is 170 Å². The van der Waals surface area contributed by atoms with E-state index in [1.165, 1.54) is 0 Å². The Balaban J connectivity index is 5.48. The zero-order valence-corrected chi connectivity index (χ0v) is 63.3.